The molecule has 8 nitrogen and oxygen atoms in total. The molecule has 0 unspecified atom stereocenters. The Morgan fingerprint density at radius 1 is 1.35 bits per heavy atom. The number of rotatable bonds is 6. The molecule has 0 radical (unpaired) electrons. The summed E-state index contributed by atoms with van der Waals surface area (Å²) in [6.45, 7) is 1.40. The summed E-state index contributed by atoms with van der Waals surface area (Å²) in [5, 5.41) is 30.2. The Labute approximate surface area is 130 Å². The predicted molar refractivity (Wildman–Crippen MR) is 83.3 cm³/mol. The quantitative estimate of drug-likeness (QED) is 0.279. The Morgan fingerprint density at radius 3 is 2.65 bits per heavy atom. The number of hydrazone groups is 1. The third kappa shape index (κ3) is 3.43. The molecule has 2 aromatic rings. The van der Waals surface area contributed by atoms with Crippen molar-refractivity contribution in [3.05, 3.63) is 36.1 Å². The summed E-state index contributed by atoms with van der Waals surface area (Å²) in [4.78, 5) is 21.6. The van der Waals surface area contributed by atoms with Gasteiger partial charge < -0.3 is 20.0 Å². The van der Waals surface area contributed by atoms with Gasteiger partial charge in [0.15, 0.2) is 12.0 Å². The van der Waals surface area contributed by atoms with E-state index in [-0.39, 0.29) is 39.9 Å². The lowest BCUT2D eigenvalue weighted by Gasteiger charge is -2.08. The van der Waals surface area contributed by atoms with Gasteiger partial charge in [-0.05, 0) is 31.2 Å². The molecule has 0 fully saturated rings. The van der Waals surface area contributed by atoms with Gasteiger partial charge in [-0.25, -0.2) is 4.79 Å². The smallest absolute Gasteiger partial charge is 0.371 e. The van der Waals surface area contributed by atoms with Crippen molar-refractivity contribution < 1.29 is 24.2 Å². The first-order chi connectivity index (χ1) is 10.9. The number of hydrogen-bond donors (Lipinski definition) is 4. The minimum absolute atomic E-state index is 0.0275. The number of hydrogen-bond acceptors (Lipinski definition) is 7. The molecule has 8 heteroatoms. The highest BCUT2D eigenvalue weighted by Gasteiger charge is 2.15. The molecule has 0 saturated heterocycles. The molecular formula is C15H13N3O5. The number of anilines is 1. The lowest BCUT2D eigenvalue weighted by Crippen LogP contribution is -2.12. The SMILES string of the molecule is CC(=N)/C(C=O)=N/Nc1cccc(-c2ccc(C(=O)O)o2)c1O. The number of phenols is 1. The molecule has 0 saturated carbocycles. The molecule has 0 amide bonds. The summed E-state index contributed by atoms with van der Waals surface area (Å²) in [6.07, 6.45) is 0.419. The zero-order valence-corrected chi connectivity index (χ0v) is 12.0. The number of carboxylic acids is 1. The topological polar surface area (TPSA) is 136 Å². The van der Waals surface area contributed by atoms with Crippen LogP contribution in [0, 0.1) is 5.41 Å². The molecule has 0 aliphatic heterocycles. The number of carbonyl (C=O) groups is 2. The van der Waals surface area contributed by atoms with Gasteiger partial charge in [-0.15, -0.1) is 0 Å². The molecule has 4 N–H and O–H groups in total. The third-order valence-electron chi connectivity index (χ3n) is 2.91. The second kappa shape index (κ2) is 6.56. The van der Waals surface area contributed by atoms with Gasteiger partial charge in [0.1, 0.15) is 11.5 Å². The van der Waals surface area contributed by atoms with Crippen LogP contribution in [0.5, 0.6) is 5.75 Å². The second-order valence-corrected chi connectivity index (χ2v) is 4.52. The summed E-state index contributed by atoms with van der Waals surface area (Å²) in [6, 6.07) is 7.33. The maximum absolute atomic E-state index is 10.8. The normalized spacial score (nSPS) is 11.1. The molecule has 23 heavy (non-hydrogen) atoms. The average Bonchev–Trinajstić information content (AvgIpc) is 2.99. The van der Waals surface area contributed by atoms with Crippen LogP contribution >= 0.6 is 0 Å². The van der Waals surface area contributed by atoms with Crippen LogP contribution in [0.3, 0.4) is 0 Å². The molecule has 1 heterocycles. The molecule has 118 valence electrons. The summed E-state index contributed by atoms with van der Waals surface area (Å²) in [5.41, 5.74) is 2.79. The van der Waals surface area contributed by atoms with Gasteiger partial charge in [0, 0.05) is 0 Å². The van der Waals surface area contributed by atoms with Gasteiger partial charge >= 0.3 is 5.97 Å². The van der Waals surface area contributed by atoms with Crippen molar-refractivity contribution in [1.82, 2.24) is 0 Å². The number of nitrogens with zero attached hydrogens (tertiary/aromatic N) is 1. The van der Waals surface area contributed by atoms with Crippen LogP contribution in [0.25, 0.3) is 11.3 Å². The Bertz CT molecular complexity index is 807. The van der Waals surface area contributed by atoms with Gasteiger partial charge in [-0.2, -0.15) is 5.10 Å². The second-order valence-electron chi connectivity index (χ2n) is 4.52. The van der Waals surface area contributed by atoms with Crippen molar-refractivity contribution >= 4 is 29.4 Å². The maximum atomic E-state index is 10.8. The number of carboxylic acid groups (broad SMARTS) is 1. The van der Waals surface area contributed by atoms with Crippen LogP contribution in [0.15, 0.2) is 39.9 Å². The van der Waals surface area contributed by atoms with E-state index < -0.39 is 5.97 Å². The maximum Gasteiger partial charge on any atom is 0.371 e. The minimum Gasteiger partial charge on any atom is -0.505 e. The number of para-hydroxylation sites is 1. The molecule has 2 rings (SSSR count). The fourth-order valence-corrected chi connectivity index (χ4v) is 1.75. The summed E-state index contributed by atoms with van der Waals surface area (Å²) in [7, 11) is 0. The van der Waals surface area contributed by atoms with Crippen LogP contribution in [-0.4, -0.2) is 33.9 Å². The fraction of sp³-hybridized carbons (Fsp3) is 0.0667. The van der Waals surface area contributed by atoms with E-state index in [0.29, 0.717) is 6.29 Å². The number of furan rings is 1. The first-order valence-electron chi connectivity index (χ1n) is 6.44. The number of nitrogens with one attached hydrogen (secondary N) is 2. The largest absolute Gasteiger partial charge is 0.505 e. The molecule has 0 aliphatic carbocycles. The Hall–Kier alpha value is -3.42. The van der Waals surface area contributed by atoms with Crippen molar-refractivity contribution in [2.75, 3.05) is 5.43 Å². The number of aldehydes is 1. The van der Waals surface area contributed by atoms with E-state index in [1.807, 2.05) is 0 Å². The van der Waals surface area contributed by atoms with E-state index in [9.17, 15) is 14.7 Å². The monoisotopic (exact) mass is 315 g/mol. The predicted octanol–water partition coefficient (Wildman–Crippen LogP) is 2.36. The van der Waals surface area contributed by atoms with Crippen molar-refractivity contribution in [3.63, 3.8) is 0 Å². The summed E-state index contributed by atoms with van der Waals surface area (Å²) in [5.74, 6) is -1.52. The van der Waals surface area contributed by atoms with Crippen molar-refractivity contribution in [2.24, 2.45) is 5.10 Å². The molecule has 0 aliphatic rings. The zero-order chi connectivity index (χ0) is 17.0. The van der Waals surface area contributed by atoms with Gasteiger partial charge in [0.2, 0.25) is 5.76 Å². The fourth-order valence-electron chi connectivity index (χ4n) is 1.75. The number of benzene rings is 1. The highest BCUT2D eigenvalue weighted by Crippen LogP contribution is 2.36. The molecule has 0 spiro atoms. The zero-order valence-electron chi connectivity index (χ0n) is 12.0. The molecule has 1 aromatic carbocycles. The third-order valence-corrected chi connectivity index (χ3v) is 2.91. The Morgan fingerprint density at radius 2 is 2.09 bits per heavy atom. The van der Waals surface area contributed by atoms with E-state index in [1.54, 1.807) is 6.07 Å². The Balaban J connectivity index is 2.36. The average molecular weight is 315 g/mol. The van der Waals surface area contributed by atoms with Crippen LogP contribution in [0.1, 0.15) is 17.5 Å². The van der Waals surface area contributed by atoms with Crippen molar-refractivity contribution in [2.45, 2.75) is 6.92 Å². The van der Waals surface area contributed by atoms with Crippen molar-refractivity contribution in [1.29, 1.82) is 5.41 Å². The number of carbonyl (C=O) groups excluding carboxylic acids is 1. The van der Waals surface area contributed by atoms with E-state index in [4.69, 9.17) is 14.9 Å². The lowest BCUT2D eigenvalue weighted by molar-refractivity contribution is -0.102. The minimum atomic E-state index is -1.22. The molecule has 0 bridgehead atoms. The summed E-state index contributed by atoms with van der Waals surface area (Å²) >= 11 is 0. The first-order valence-corrected chi connectivity index (χ1v) is 6.44. The van der Waals surface area contributed by atoms with Crippen molar-refractivity contribution in [3.8, 4) is 17.1 Å². The number of phenolic OH excluding ortho intramolecular Hbond substituents is 1. The lowest BCUT2D eigenvalue weighted by atomic mass is 10.1. The van der Waals surface area contributed by atoms with Gasteiger partial charge in [-0.1, -0.05) is 6.07 Å². The molecule has 1 aromatic heterocycles. The van der Waals surface area contributed by atoms with E-state index in [0.717, 1.165) is 0 Å². The first kappa shape index (κ1) is 16.0. The van der Waals surface area contributed by atoms with Crippen LogP contribution in [0.4, 0.5) is 5.69 Å². The van der Waals surface area contributed by atoms with Gasteiger partial charge in [0.05, 0.1) is 17.0 Å². The number of aromatic carboxylic acids is 1. The summed E-state index contributed by atoms with van der Waals surface area (Å²) < 4.78 is 5.14. The van der Waals surface area contributed by atoms with E-state index in [1.165, 1.54) is 31.2 Å². The standard InChI is InChI=1S/C15H13N3O5/c1-8(16)11(7-19)18-17-10-4-2-3-9(14(10)20)12-5-6-13(23-12)15(21)22/h2-7,16-17,20H,1H3,(H,21,22)/b16-8?,18-11+. The van der Waals surface area contributed by atoms with Gasteiger partial charge in [0.25, 0.3) is 0 Å². The van der Waals surface area contributed by atoms with Crippen LogP contribution < -0.4 is 5.43 Å². The van der Waals surface area contributed by atoms with Crippen LogP contribution in [0.2, 0.25) is 0 Å². The van der Waals surface area contributed by atoms with E-state index in [2.05, 4.69) is 10.5 Å². The number of aromatic hydroxyl groups is 1. The van der Waals surface area contributed by atoms with E-state index >= 15 is 0 Å². The van der Waals surface area contributed by atoms with Gasteiger partial charge in [-0.3, -0.25) is 10.2 Å². The molecular weight excluding hydrogens is 302 g/mol. The van der Waals surface area contributed by atoms with Crippen LogP contribution in [-0.2, 0) is 4.79 Å². The molecule has 0 atom stereocenters. The highest BCUT2D eigenvalue weighted by atomic mass is 16.4. The Kier molecular flexibility index (Phi) is 4.55. The highest BCUT2D eigenvalue weighted by molar-refractivity contribution is 6.60.